The molecule has 0 fully saturated rings. The number of aliphatic hydroxyl groups excluding tert-OH is 1. The van der Waals surface area contributed by atoms with Crippen LogP contribution in [0.25, 0.3) is 0 Å². The number of oxime groups is 1. The van der Waals surface area contributed by atoms with Crippen LogP contribution in [0, 0.1) is 0 Å². The molecule has 0 radical (unpaired) electrons. The topological polar surface area (TPSA) is 124 Å². The van der Waals surface area contributed by atoms with Gasteiger partial charge in [0.2, 0.25) is 5.90 Å². The number of aliphatic hydroxyl groups is 1. The Labute approximate surface area is 151 Å². The van der Waals surface area contributed by atoms with Gasteiger partial charge in [-0.25, -0.2) is 9.69 Å². The van der Waals surface area contributed by atoms with Crippen LogP contribution in [0.5, 0.6) is 0 Å². The summed E-state index contributed by atoms with van der Waals surface area (Å²) in [6, 6.07) is 7.78. The van der Waals surface area contributed by atoms with Gasteiger partial charge in [-0.2, -0.15) is 0 Å². The summed E-state index contributed by atoms with van der Waals surface area (Å²) in [4.78, 5) is 30.9. The third-order valence-corrected chi connectivity index (χ3v) is 3.82. The molecule has 3 N–H and O–H groups in total. The maximum absolute atomic E-state index is 12.5. The first-order valence-corrected chi connectivity index (χ1v) is 8.14. The third kappa shape index (κ3) is 5.17. The van der Waals surface area contributed by atoms with Crippen LogP contribution < -0.4 is 5.73 Å². The molecule has 0 saturated heterocycles. The van der Waals surface area contributed by atoms with E-state index in [2.05, 4.69) is 5.16 Å². The van der Waals surface area contributed by atoms with E-state index in [-0.39, 0.29) is 13.2 Å². The van der Waals surface area contributed by atoms with E-state index in [4.69, 9.17) is 20.0 Å². The molecule has 0 bridgehead atoms. The van der Waals surface area contributed by atoms with E-state index < -0.39 is 30.3 Å². The molecule has 0 saturated carbocycles. The summed E-state index contributed by atoms with van der Waals surface area (Å²) >= 11 is 0. The zero-order chi connectivity index (χ0) is 19.1. The SMILES string of the molecule is COC1=NOC(CN(C(=O)OCc2ccccc2)C(=O)[C@@H](N)[C@@H](C)O)C1. The Morgan fingerprint density at radius 2 is 2.12 bits per heavy atom. The fraction of sp³-hybridized carbons (Fsp3) is 0.471. The van der Waals surface area contributed by atoms with Gasteiger partial charge in [0.15, 0.2) is 6.10 Å². The predicted molar refractivity (Wildman–Crippen MR) is 91.9 cm³/mol. The van der Waals surface area contributed by atoms with Crippen molar-refractivity contribution in [3.63, 3.8) is 0 Å². The number of nitrogens with two attached hydrogens (primary N) is 1. The van der Waals surface area contributed by atoms with E-state index in [0.717, 1.165) is 10.5 Å². The van der Waals surface area contributed by atoms with Crippen LogP contribution in [0.4, 0.5) is 4.79 Å². The Morgan fingerprint density at radius 3 is 2.69 bits per heavy atom. The standard InChI is InChI=1S/C17H23N3O6/c1-11(21)15(18)16(22)20(9-13-8-14(24-2)19-26-13)17(23)25-10-12-6-4-3-5-7-12/h3-7,11,13,15,21H,8-10,18H2,1-2H3/t11-,13?,15+/m1/s1. The smallest absolute Gasteiger partial charge is 0.417 e. The van der Waals surface area contributed by atoms with Crippen molar-refractivity contribution in [2.45, 2.75) is 38.2 Å². The lowest BCUT2D eigenvalue weighted by molar-refractivity contribution is -0.134. The first-order valence-electron chi connectivity index (χ1n) is 8.14. The van der Waals surface area contributed by atoms with Crippen LogP contribution in [0.2, 0.25) is 0 Å². The summed E-state index contributed by atoms with van der Waals surface area (Å²) in [6.45, 7) is 1.25. The van der Waals surface area contributed by atoms with Crippen LogP contribution in [-0.2, 0) is 25.7 Å². The average molecular weight is 365 g/mol. The second-order valence-corrected chi connectivity index (χ2v) is 5.88. The largest absolute Gasteiger partial charge is 0.482 e. The molecule has 0 aromatic heterocycles. The Hall–Kier alpha value is -2.65. The summed E-state index contributed by atoms with van der Waals surface area (Å²) in [7, 11) is 1.45. The van der Waals surface area contributed by atoms with E-state index in [0.29, 0.717) is 12.3 Å². The number of hydrogen-bond acceptors (Lipinski definition) is 8. The summed E-state index contributed by atoms with van der Waals surface area (Å²) in [5.74, 6) is -0.396. The molecule has 1 heterocycles. The molecule has 142 valence electrons. The van der Waals surface area contributed by atoms with Crippen molar-refractivity contribution in [1.82, 2.24) is 4.90 Å². The minimum Gasteiger partial charge on any atom is -0.482 e. The van der Waals surface area contributed by atoms with Crippen molar-refractivity contribution in [2.75, 3.05) is 13.7 Å². The van der Waals surface area contributed by atoms with Crippen LogP contribution in [0.3, 0.4) is 0 Å². The summed E-state index contributed by atoms with van der Waals surface area (Å²) in [5, 5.41) is 13.3. The van der Waals surface area contributed by atoms with Crippen LogP contribution in [-0.4, -0.2) is 59.8 Å². The Balaban J connectivity index is 2.04. The fourth-order valence-corrected chi connectivity index (χ4v) is 2.26. The van der Waals surface area contributed by atoms with Gasteiger partial charge in [0.1, 0.15) is 12.6 Å². The number of ether oxygens (including phenoxy) is 2. The van der Waals surface area contributed by atoms with Crippen molar-refractivity contribution in [1.29, 1.82) is 0 Å². The molecule has 9 heteroatoms. The van der Waals surface area contributed by atoms with Gasteiger partial charge in [-0.1, -0.05) is 35.5 Å². The second kappa shape index (κ2) is 9.16. The maximum Gasteiger partial charge on any atom is 0.417 e. The maximum atomic E-state index is 12.5. The van der Waals surface area contributed by atoms with Gasteiger partial charge in [0, 0.05) is 0 Å². The van der Waals surface area contributed by atoms with Crippen molar-refractivity contribution >= 4 is 17.9 Å². The number of methoxy groups -OCH3 is 1. The molecule has 1 aromatic rings. The van der Waals surface area contributed by atoms with Crippen LogP contribution in [0.15, 0.2) is 35.5 Å². The number of nitrogens with zero attached hydrogens (tertiary/aromatic N) is 2. The molecule has 2 rings (SSSR count). The summed E-state index contributed by atoms with van der Waals surface area (Å²) in [6.07, 6.45) is -2.26. The van der Waals surface area contributed by atoms with Gasteiger partial charge in [-0.15, -0.1) is 0 Å². The molecular formula is C17H23N3O6. The molecule has 2 amide bonds. The third-order valence-electron chi connectivity index (χ3n) is 3.82. The summed E-state index contributed by atoms with van der Waals surface area (Å²) in [5.41, 5.74) is 6.46. The van der Waals surface area contributed by atoms with Crippen molar-refractivity contribution in [3.8, 4) is 0 Å². The van der Waals surface area contributed by atoms with Crippen molar-refractivity contribution < 1.29 is 29.0 Å². The monoisotopic (exact) mass is 365 g/mol. The van der Waals surface area contributed by atoms with Gasteiger partial charge < -0.3 is 25.2 Å². The minimum atomic E-state index is -1.26. The lowest BCUT2D eigenvalue weighted by Gasteiger charge is -2.26. The van der Waals surface area contributed by atoms with E-state index in [1.165, 1.54) is 14.0 Å². The van der Waals surface area contributed by atoms with Gasteiger partial charge in [-0.05, 0) is 12.5 Å². The molecule has 1 unspecified atom stereocenters. The zero-order valence-corrected chi connectivity index (χ0v) is 14.7. The normalized spacial score (nSPS) is 18.3. The van der Waals surface area contributed by atoms with Gasteiger partial charge in [-0.3, -0.25) is 4.79 Å². The summed E-state index contributed by atoms with van der Waals surface area (Å²) < 4.78 is 10.2. The van der Waals surface area contributed by atoms with Gasteiger partial charge >= 0.3 is 6.09 Å². The number of hydrogen-bond donors (Lipinski definition) is 2. The van der Waals surface area contributed by atoms with Gasteiger partial charge in [0.25, 0.3) is 5.91 Å². The number of carbonyl (C=O) groups is 2. The lowest BCUT2D eigenvalue weighted by Crippen LogP contribution is -2.53. The van der Waals surface area contributed by atoms with Crippen LogP contribution in [0.1, 0.15) is 18.9 Å². The molecule has 0 aliphatic carbocycles. The molecule has 26 heavy (non-hydrogen) atoms. The Bertz CT molecular complexity index is 649. The predicted octanol–water partition coefficient (Wildman–Crippen LogP) is 0.609. The number of benzene rings is 1. The molecule has 1 aliphatic heterocycles. The number of rotatable bonds is 6. The molecule has 9 nitrogen and oxygen atoms in total. The molecule has 3 atom stereocenters. The van der Waals surface area contributed by atoms with E-state index in [9.17, 15) is 14.7 Å². The molecule has 0 spiro atoms. The first kappa shape index (κ1) is 19.7. The second-order valence-electron chi connectivity index (χ2n) is 5.88. The number of amides is 2. The van der Waals surface area contributed by atoms with Crippen LogP contribution >= 0.6 is 0 Å². The molecule has 1 aromatic carbocycles. The van der Waals surface area contributed by atoms with Crippen molar-refractivity contribution in [2.24, 2.45) is 10.9 Å². The highest BCUT2D eigenvalue weighted by molar-refractivity contribution is 5.95. The van der Waals surface area contributed by atoms with Gasteiger partial charge in [0.05, 0.1) is 26.2 Å². The van der Waals surface area contributed by atoms with E-state index in [1.54, 1.807) is 12.1 Å². The molecular weight excluding hydrogens is 342 g/mol. The number of carbonyl (C=O) groups excluding carboxylic acids is 2. The van der Waals surface area contributed by atoms with E-state index in [1.807, 2.05) is 18.2 Å². The lowest BCUT2D eigenvalue weighted by atomic mass is 10.1. The van der Waals surface area contributed by atoms with Crippen molar-refractivity contribution in [3.05, 3.63) is 35.9 Å². The first-order chi connectivity index (χ1) is 12.4. The highest BCUT2D eigenvalue weighted by atomic mass is 16.7. The zero-order valence-electron chi connectivity index (χ0n) is 14.7. The molecule has 1 aliphatic rings. The highest BCUT2D eigenvalue weighted by Crippen LogP contribution is 2.15. The minimum absolute atomic E-state index is 0.00127. The quantitative estimate of drug-likeness (QED) is 0.757. The highest BCUT2D eigenvalue weighted by Gasteiger charge is 2.35. The average Bonchev–Trinajstić information content (AvgIpc) is 3.11. The van der Waals surface area contributed by atoms with E-state index >= 15 is 0 Å². The Morgan fingerprint density at radius 1 is 1.42 bits per heavy atom. The number of imide groups is 1. The fourth-order valence-electron chi connectivity index (χ4n) is 2.26. The Kier molecular flexibility index (Phi) is 6.93.